The molecule has 50 heavy (non-hydrogen) atoms. The highest BCUT2D eigenvalue weighted by molar-refractivity contribution is 6.13. The fourth-order valence-electron chi connectivity index (χ4n) is 7.75. The second-order valence-electron chi connectivity index (χ2n) is 13.6. The van der Waals surface area contributed by atoms with Crippen LogP contribution in [0, 0.1) is 0 Å². The molecule has 0 saturated carbocycles. The monoisotopic (exact) mass is 641 g/mol. The van der Waals surface area contributed by atoms with Crippen molar-refractivity contribution in [1.29, 1.82) is 0 Å². The quantitative estimate of drug-likeness (QED) is 0.192. The summed E-state index contributed by atoms with van der Waals surface area (Å²) < 4.78 is 6.64. The van der Waals surface area contributed by atoms with E-state index in [1.807, 2.05) is 30.3 Å². The second kappa shape index (κ2) is 10.8. The molecule has 7 aromatic carbocycles. The summed E-state index contributed by atoms with van der Waals surface area (Å²) in [6.07, 6.45) is 0. The van der Waals surface area contributed by atoms with Gasteiger partial charge in [-0.05, 0) is 45.2 Å². The van der Waals surface area contributed by atoms with Gasteiger partial charge >= 0.3 is 0 Å². The van der Waals surface area contributed by atoms with Crippen LogP contribution in [0.2, 0.25) is 0 Å². The van der Waals surface area contributed by atoms with Crippen LogP contribution >= 0.6 is 0 Å². The highest BCUT2D eigenvalue weighted by atomic mass is 16.3. The first-order chi connectivity index (χ1) is 24.5. The van der Waals surface area contributed by atoms with Crippen LogP contribution in [0.1, 0.15) is 25.0 Å². The van der Waals surface area contributed by atoms with Crippen LogP contribution < -0.4 is 0 Å². The molecule has 2 aromatic heterocycles. The Bertz CT molecular complexity index is 2780. The van der Waals surface area contributed by atoms with Crippen LogP contribution in [0.15, 0.2) is 156 Å². The molecule has 0 amide bonds. The predicted octanol–water partition coefficient (Wildman–Crippen LogP) is 11.9. The van der Waals surface area contributed by atoms with Crippen LogP contribution in [0.4, 0.5) is 0 Å². The normalized spacial score (nSPS) is 13.2. The summed E-state index contributed by atoms with van der Waals surface area (Å²) >= 11 is 0. The van der Waals surface area contributed by atoms with E-state index in [4.69, 9.17) is 19.4 Å². The number of hydrogen-bond acceptors (Lipinski definition) is 4. The maximum absolute atomic E-state index is 6.64. The van der Waals surface area contributed by atoms with Gasteiger partial charge in [-0.1, -0.05) is 153 Å². The summed E-state index contributed by atoms with van der Waals surface area (Å²) in [5.41, 5.74) is 11.5. The van der Waals surface area contributed by atoms with E-state index >= 15 is 0 Å². The minimum Gasteiger partial charge on any atom is -0.455 e. The maximum atomic E-state index is 6.64. The molecule has 1 aliphatic rings. The van der Waals surface area contributed by atoms with Crippen molar-refractivity contribution < 1.29 is 4.42 Å². The molecular weight excluding hydrogens is 611 g/mol. The fraction of sp³-hybridized carbons (Fsp3) is 0.0652. The Kier molecular flexibility index (Phi) is 6.19. The van der Waals surface area contributed by atoms with Crippen molar-refractivity contribution in [3.63, 3.8) is 0 Å². The molecule has 0 saturated heterocycles. The average molecular weight is 642 g/mol. The summed E-state index contributed by atoms with van der Waals surface area (Å²) in [6.45, 7) is 4.59. The molecule has 0 fully saturated rings. The van der Waals surface area contributed by atoms with Gasteiger partial charge in [0.2, 0.25) is 0 Å². The number of nitrogens with zero attached hydrogens (tertiary/aromatic N) is 3. The molecule has 2 heterocycles. The van der Waals surface area contributed by atoms with E-state index in [2.05, 4.69) is 135 Å². The minimum atomic E-state index is -0.232. The van der Waals surface area contributed by atoms with E-state index in [9.17, 15) is 0 Å². The van der Waals surface area contributed by atoms with E-state index in [0.29, 0.717) is 17.5 Å². The van der Waals surface area contributed by atoms with Gasteiger partial charge in [0.05, 0.1) is 0 Å². The van der Waals surface area contributed by atoms with E-state index in [0.717, 1.165) is 55.3 Å². The summed E-state index contributed by atoms with van der Waals surface area (Å²) in [4.78, 5) is 15.4. The molecule has 1 aliphatic carbocycles. The number of benzene rings is 7. The van der Waals surface area contributed by atoms with E-state index < -0.39 is 0 Å². The van der Waals surface area contributed by atoms with Crippen LogP contribution in [0.3, 0.4) is 0 Å². The van der Waals surface area contributed by atoms with Crippen LogP contribution in [0.5, 0.6) is 0 Å². The predicted molar refractivity (Wildman–Crippen MR) is 204 cm³/mol. The molecule has 10 rings (SSSR count). The lowest BCUT2D eigenvalue weighted by Gasteiger charge is -2.21. The minimum absolute atomic E-state index is 0.232. The molecule has 0 N–H and O–H groups in total. The van der Waals surface area contributed by atoms with Crippen molar-refractivity contribution in [1.82, 2.24) is 15.0 Å². The zero-order valence-corrected chi connectivity index (χ0v) is 27.7. The molecule has 236 valence electrons. The smallest absolute Gasteiger partial charge is 0.164 e. The second-order valence-corrected chi connectivity index (χ2v) is 13.6. The first-order valence-electron chi connectivity index (χ1n) is 17.0. The number of rotatable bonds is 4. The molecule has 0 radical (unpaired) electrons. The van der Waals surface area contributed by atoms with Gasteiger partial charge in [-0.2, -0.15) is 0 Å². The third-order valence-electron chi connectivity index (χ3n) is 10.3. The maximum Gasteiger partial charge on any atom is 0.164 e. The molecule has 0 spiro atoms. The topological polar surface area (TPSA) is 51.8 Å². The molecule has 0 bridgehead atoms. The zero-order chi connectivity index (χ0) is 33.4. The number of para-hydroxylation sites is 1. The number of hydrogen-bond donors (Lipinski definition) is 0. The van der Waals surface area contributed by atoms with Crippen molar-refractivity contribution in [3.05, 3.63) is 163 Å². The first-order valence-corrected chi connectivity index (χ1v) is 17.0. The average Bonchev–Trinajstić information content (AvgIpc) is 3.67. The van der Waals surface area contributed by atoms with Gasteiger partial charge < -0.3 is 4.42 Å². The summed E-state index contributed by atoms with van der Waals surface area (Å²) in [5, 5.41) is 4.70. The highest BCUT2D eigenvalue weighted by Crippen LogP contribution is 2.55. The van der Waals surface area contributed by atoms with E-state index in [-0.39, 0.29) is 5.41 Å². The molecule has 4 nitrogen and oxygen atoms in total. The van der Waals surface area contributed by atoms with Crippen molar-refractivity contribution in [2.75, 3.05) is 0 Å². The van der Waals surface area contributed by atoms with Gasteiger partial charge in [0, 0.05) is 44.0 Å². The van der Waals surface area contributed by atoms with E-state index in [1.165, 1.54) is 27.5 Å². The molecule has 9 aromatic rings. The largest absolute Gasteiger partial charge is 0.455 e. The number of furan rings is 1. The molecule has 4 heteroatoms. The Morgan fingerprint density at radius 3 is 1.90 bits per heavy atom. The summed E-state index contributed by atoms with van der Waals surface area (Å²) in [6, 6.07) is 53.0. The highest BCUT2D eigenvalue weighted by Gasteiger charge is 2.39. The Morgan fingerprint density at radius 1 is 0.440 bits per heavy atom. The lowest BCUT2D eigenvalue weighted by atomic mass is 9.82. The molecular formula is C46H31N3O. The van der Waals surface area contributed by atoms with Gasteiger partial charge in [0.25, 0.3) is 0 Å². The van der Waals surface area contributed by atoms with Crippen molar-refractivity contribution in [2.45, 2.75) is 19.3 Å². The van der Waals surface area contributed by atoms with Gasteiger partial charge in [0.15, 0.2) is 17.5 Å². The lowest BCUT2D eigenvalue weighted by molar-refractivity contribution is 0.653. The molecule has 0 atom stereocenters. The van der Waals surface area contributed by atoms with Gasteiger partial charge in [-0.3, -0.25) is 0 Å². The van der Waals surface area contributed by atoms with Crippen LogP contribution in [0.25, 0.3) is 89.1 Å². The third-order valence-corrected chi connectivity index (χ3v) is 10.3. The van der Waals surface area contributed by atoms with Crippen molar-refractivity contribution in [3.8, 4) is 56.4 Å². The van der Waals surface area contributed by atoms with Gasteiger partial charge in [-0.15, -0.1) is 0 Å². The number of aromatic nitrogens is 3. The summed E-state index contributed by atoms with van der Waals surface area (Å²) in [7, 11) is 0. The molecule has 0 aliphatic heterocycles. The third kappa shape index (κ3) is 4.35. The Labute approximate surface area is 289 Å². The first kappa shape index (κ1) is 28.6. The Balaban J connectivity index is 1.16. The standard InChI is InChI=1S/C46H31N3O/c1-46(2)37-17-10-16-36(40(37)41-38(46)26-25-35-34-15-8-9-18-39(34)50-42(35)41)45-48-43(30-12-4-3-5-13-30)47-44(49-45)31-22-19-29(20-23-31)33-24-21-28-11-6-7-14-32(28)27-33/h3-27H,1-2H3. The Morgan fingerprint density at radius 2 is 1.08 bits per heavy atom. The fourth-order valence-corrected chi connectivity index (χ4v) is 7.75. The summed E-state index contributed by atoms with van der Waals surface area (Å²) in [5.74, 6) is 1.92. The van der Waals surface area contributed by atoms with Gasteiger partial charge in [-0.25, -0.2) is 15.0 Å². The van der Waals surface area contributed by atoms with Gasteiger partial charge in [0.1, 0.15) is 11.2 Å². The number of fused-ring (bicyclic) bond motifs is 8. The van der Waals surface area contributed by atoms with Crippen LogP contribution in [-0.2, 0) is 5.41 Å². The zero-order valence-electron chi connectivity index (χ0n) is 27.7. The lowest BCUT2D eigenvalue weighted by Crippen LogP contribution is -2.14. The van der Waals surface area contributed by atoms with E-state index in [1.54, 1.807) is 0 Å². The SMILES string of the molecule is CC1(C)c2cccc(-c3nc(-c4ccccc4)nc(-c4ccc(-c5ccc6ccccc6c5)cc4)n3)c2-c2c1ccc1c2oc2ccccc21. The van der Waals surface area contributed by atoms with Crippen molar-refractivity contribution in [2.24, 2.45) is 0 Å². The Hall–Kier alpha value is -6.39. The molecule has 0 unspecified atom stereocenters. The van der Waals surface area contributed by atoms with Crippen LogP contribution in [-0.4, -0.2) is 15.0 Å². The van der Waals surface area contributed by atoms with Crippen molar-refractivity contribution >= 4 is 32.7 Å².